The SMILES string of the molecule is CC(=O)OC1(C(C)=O)CC[C@H]2[C@@H]3C=C(C)C4=CC(=O)CC[C@]4(C)[C@H]3CC[C@@]21C. The normalized spacial score (nSPS) is 44.6. The van der Waals surface area contributed by atoms with Crippen LogP contribution in [0.5, 0.6) is 0 Å². The van der Waals surface area contributed by atoms with Crippen molar-refractivity contribution in [3.63, 3.8) is 0 Å². The Morgan fingerprint density at radius 2 is 1.75 bits per heavy atom. The lowest BCUT2D eigenvalue weighted by molar-refractivity contribution is -0.185. The maximum atomic E-state index is 12.8. The molecule has 0 aromatic rings. The number of ether oxygens (including phenoxy) is 1. The molecule has 0 heterocycles. The Hall–Kier alpha value is -1.71. The van der Waals surface area contributed by atoms with Crippen molar-refractivity contribution in [1.29, 1.82) is 0 Å². The molecule has 2 saturated carbocycles. The van der Waals surface area contributed by atoms with Crippen molar-refractivity contribution in [3.8, 4) is 0 Å². The van der Waals surface area contributed by atoms with Crippen molar-refractivity contribution >= 4 is 17.5 Å². The van der Waals surface area contributed by atoms with Gasteiger partial charge in [-0.15, -0.1) is 0 Å². The van der Waals surface area contributed by atoms with Crippen molar-refractivity contribution < 1.29 is 19.1 Å². The first-order valence-electron chi connectivity index (χ1n) is 10.7. The predicted molar refractivity (Wildman–Crippen MR) is 106 cm³/mol. The van der Waals surface area contributed by atoms with E-state index in [2.05, 4.69) is 26.8 Å². The molecule has 152 valence electrons. The summed E-state index contributed by atoms with van der Waals surface area (Å²) in [5.74, 6) is 1.03. The zero-order valence-electron chi connectivity index (χ0n) is 17.8. The zero-order chi connectivity index (χ0) is 20.5. The smallest absolute Gasteiger partial charge is 0.303 e. The highest BCUT2D eigenvalue weighted by Crippen LogP contribution is 2.67. The molecule has 0 radical (unpaired) electrons. The molecule has 4 aliphatic rings. The number of carbonyl (C=O) groups is 3. The number of allylic oxidation sites excluding steroid dienone is 4. The maximum absolute atomic E-state index is 12.8. The van der Waals surface area contributed by atoms with Crippen LogP contribution in [-0.2, 0) is 19.1 Å². The molecule has 0 N–H and O–H groups in total. The van der Waals surface area contributed by atoms with Crippen LogP contribution in [0.15, 0.2) is 23.3 Å². The van der Waals surface area contributed by atoms with E-state index in [0.29, 0.717) is 30.6 Å². The van der Waals surface area contributed by atoms with Gasteiger partial charge in [0.1, 0.15) is 0 Å². The van der Waals surface area contributed by atoms with Gasteiger partial charge < -0.3 is 4.74 Å². The van der Waals surface area contributed by atoms with Crippen LogP contribution in [0, 0.1) is 28.6 Å². The summed E-state index contributed by atoms with van der Waals surface area (Å²) in [7, 11) is 0. The Morgan fingerprint density at radius 3 is 2.39 bits per heavy atom. The van der Waals surface area contributed by atoms with Crippen molar-refractivity contribution in [2.75, 3.05) is 0 Å². The van der Waals surface area contributed by atoms with Gasteiger partial charge in [-0.25, -0.2) is 0 Å². The van der Waals surface area contributed by atoms with Crippen LogP contribution in [0.3, 0.4) is 0 Å². The second kappa shape index (κ2) is 6.14. The number of carbonyl (C=O) groups excluding carboxylic acids is 3. The van der Waals surface area contributed by atoms with E-state index in [4.69, 9.17) is 4.74 Å². The third-order valence-corrected chi connectivity index (χ3v) is 8.84. The van der Waals surface area contributed by atoms with Gasteiger partial charge in [-0.3, -0.25) is 14.4 Å². The first-order valence-corrected chi connectivity index (χ1v) is 10.7. The molecule has 0 aromatic carbocycles. The van der Waals surface area contributed by atoms with Gasteiger partial charge in [-0.1, -0.05) is 25.5 Å². The fourth-order valence-electron chi connectivity index (χ4n) is 7.48. The van der Waals surface area contributed by atoms with Gasteiger partial charge in [-0.05, 0) is 80.8 Å². The van der Waals surface area contributed by atoms with Crippen LogP contribution >= 0.6 is 0 Å². The molecule has 6 atom stereocenters. The third-order valence-electron chi connectivity index (χ3n) is 8.84. The van der Waals surface area contributed by atoms with Crippen LogP contribution in [0.25, 0.3) is 0 Å². The van der Waals surface area contributed by atoms with Gasteiger partial charge in [-0.2, -0.15) is 0 Å². The van der Waals surface area contributed by atoms with E-state index in [1.165, 1.54) is 18.1 Å². The monoisotopic (exact) mass is 384 g/mol. The van der Waals surface area contributed by atoms with Gasteiger partial charge in [0, 0.05) is 18.8 Å². The highest BCUT2D eigenvalue weighted by atomic mass is 16.6. The van der Waals surface area contributed by atoms with Gasteiger partial charge >= 0.3 is 5.97 Å². The predicted octanol–water partition coefficient (Wildman–Crippen LogP) is 4.58. The Kier molecular flexibility index (Phi) is 4.30. The van der Waals surface area contributed by atoms with Crippen molar-refractivity contribution in [2.45, 2.75) is 78.7 Å². The lowest BCUT2D eigenvalue weighted by Crippen LogP contribution is -2.58. The van der Waals surface area contributed by atoms with Crippen molar-refractivity contribution in [1.82, 2.24) is 0 Å². The molecular weight excluding hydrogens is 352 g/mol. The summed E-state index contributed by atoms with van der Waals surface area (Å²) in [5, 5.41) is 0. The summed E-state index contributed by atoms with van der Waals surface area (Å²) in [6.07, 6.45) is 9.20. The summed E-state index contributed by atoms with van der Waals surface area (Å²) in [6, 6.07) is 0. The summed E-state index contributed by atoms with van der Waals surface area (Å²) in [6.45, 7) is 9.63. The fraction of sp³-hybridized carbons (Fsp3) is 0.708. The number of fused-ring (bicyclic) bond motifs is 5. The minimum atomic E-state index is -0.990. The molecule has 1 unspecified atom stereocenters. The zero-order valence-corrected chi connectivity index (χ0v) is 17.8. The van der Waals surface area contributed by atoms with Gasteiger partial charge in [0.05, 0.1) is 0 Å². The molecule has 0 amide bonds. The van der Waals surface area contributed by atoms with Crippen LogP contribution in [-0.4, -0.2) is 23.1 Å². The van der Waals surface area contributed by atoms with E-state index in [9.17, 15) is 14.4 Å². The Balaban J connectivity index is 1.79. The molecule has 0 spiro atoms. The molecule has 4 rings (SSSR count). The molecule has 4 heteroatoms. The number of hydrogen-bond acceptors (Lipinski definition) is 4. The second-order valence-electron chi connectivity index (χ2n) is 10.1. The number of Topliss-reactive ketones (excluding diaryl/α,β-unsaturated/α-hetero) is 1. The van der Waals surface area contributed by atoms with Crippen LogP contribution in [0.4, 0.5) is 0 Å². The number of ketones is 2. The lowest BCUT2D eigenvalue weighted by Gasteiger charge is -2.58. The standard InChI is InChI=1S/C24H32O4/c1-14-12-18-19(22(4)9-6-17(27)13-21(14)22)7-10-23(5)20(18)8-11-24(23,15(2)25)28-16(3)26/h12-13,18-20H,6-11H2,1-5H3/t18-,19+,20+,22-,23+,24?/m1/s1. The summed E-state index contributed by atoms with van der Waals surface area (Å²) in [4.78, 5) is 36.8. The van der Waals surface area contributed by atoms with E-state index >= 15 is 0 Å². The minimum Gasteiger partial charge on any atom is -0.451 e. The Morgan fingerprint density at radius 1 is 1.07 bits per heavy atom. The maximum Gasteiger partial charge on any atom is 0.303 e. The average molecular weight is 385 g/mol. The first-order chi connectivity index (χ1) is 13.0. The third kappa shape index (κ3) is 2.39. The minimum absolute atomic E-state index is 0.0160. The molecule has 2 fully saturated rings. The molecule has 0 saturated heterocycles. The number of hydrogen-bond donors (Lipinski definition) is 0. The molecule has 4 aliphatic carbocycles. The van der Waals surface area contributed by atoms with E-state index in [0.717, 1.165) is 25.7 Å². The van der Waals surface area contributed by atoms with Crippen LogP contribution in [0.1, 0.15) is 73.1 Å². The molecule has 28 heavy (non-hydrogen) atoms. The summed E-state index contributed by atoms with van der Waals surface area (Å²) in [5.41, 5.74) is 1.15. The molecule has 0 aromatic heterocycles. The Bertz CT molecular complexity index is 820. The van der Waals surface area contributed by atoms with Crippen LogP contribution in [0.2, 0.25) is 0 Å². The van der Waals surface area contributed by atoms with Gasteiger partial charge in [0.2, 0.25) is 0 Å². The molecular formula is C24H32O4. The number of rotatable bonds is 2. The number of esters is 1. The van der Waals surface area contributed by atoms with E-state index < -0.39 is 5.60 Å². The molecule has 0 aliphatic heterocycles. The summed E-state index contributed by atoms with van der Waals surface area (Å²) < 4.78 is 5.82. The van der Waals surface area contributed by atoms with E-state index in [1.54, 1.807) is 6.92 Å². The second-order valence-corrected chi connectivity index (χ2v) is 10.1. The quantitative estimate of drug-likeness (QED) is 0.654. The lowest BCUT2D eigenvalue weighted by atomic mass is 9.47. The highest BCUT2D eigenvalue weighted by molar-refractivity contribution is 5.92. The largest absolute Gasteiger partial charge is 0.451 e. The van der Waals surface area contributed by atoms with E-state index in [-0.39, 0.29) is 28.4 Å². The average Bonchev–Trinajstić information content (AvgIpc) is 2.90. The first kappa shape index (κ1) is 19.6. The fourth-order valence-corrected chi connectivity index (χ4v) is 7.48. The molecule has 0 bridgehead atoms. The van der Waals surface area contributed by atoms with E-state index in [1.807, 2.05) is 6.08 Å². The van der Waals surface area contributed by atoms with Crippen molar-refractivity contribution in [3.05, 3.63) is 23.3 Å². The highest BCUT2D eigenvalue weighted by Gasteiger charge is 2.67. The topological polar surface area (TPSA) is 60.4 Å². The van der Waals surface area contributed by atoms with Gasteiger partial charge in [0.25, 0.3) is 0 Å². The van der Waals surface area contributed by atoms with Gasteiger partial charge in [0.15, 0.2) is 17.2 Å². The molecule has 4 nitrogen and oxygen atoms in total. The Labute approximate surface area is 167 Å². The van der Waals surface area contributed by atoms with Crippen LogP contribution < -0.4 is 0 Å². The summed E-state index contributed by atoms with van der Waals surface area (Å²) >= 11 is 0. The van der Waals surface area contributed by atoms with Crippen molar-refractivity contribution in [2.24, 2.45) is 28.6 Å².